The van der Waals surface area contributed by atoms with Gasteiger partial charge in [-0.15, -0.1) is 13.2 Å². The first-order chi connectivity index (χ1) is 17.7. The fraction of sp³-hybridized carbons (Fsp3) is 0.179. The summed E-state index contributed by atoms with van der Waals surface area (Å²) in [4.78, 5) is 23.2. The Morgan fingerprint density at radius 3 is 2.65 bits per heavy atom. The fourth-order valence-corrected chi connectivity index (χ4v) is 4.53. The van der Waals surface area contributed by atoms with Crippen molar-refractivity contribution < 1.29 is 27.8 Å². The zero-order valence-electron chi connectivity index (χ0n) is 19.8. The van der Waals surface area contributed by atoms with Gasteiger partial charge in [-0.05, 0) is 73.4 Å². The van der Waals surface area contributed by atoms with Gasteiger partial charge in [-0.3, -0.25) is 0 Å². The molecule has 0 unspecified atom stereocenters. The molecule has 0 atom stereocenters. The lowest BCUT2D eigenvalue weighted by atomic mass is 10.00. The molecule has 0 aliphatic carbocycles. The molecule has 0 fully saturated rings. The number of aryl methyl sites for hydroxylation is 1. The average Bonchev–Trinajstić information content (AvgIpc) is 2.86. The average molecular weight is 505 g/mol. The summed E-state index contributed by atoms with van der Waals surface area (Å²) in [6.45, 7) is 2.49. The molecule has 188 valence electrons. The van der Waals surface area contributed by atoms with Gasteiger partial charge in [-0.25, -0.2) is 14.8 Å². The van der Waals surface area contributed by atoms with Crippen LogP contribution in [0.4, 0.5) is 24.7 Å². The van der Waals surface area contributed by atoms with Gasteiger partial charge in [0.1, 0.15) is 11.4 Å². The van der Waals surface area contributed by atoms with Crippen molar-refractivity contribution in [2.24, 2.45) is 0 Å². The third-order valence-corrected chi connectivity index (χ3v) is 6.07. The molecule has 0 radical (unpaired) electrons. The summed E-state index contributed by atoms with van der Waals surface area (Å²) in [5.41, 5.74) is 4.80. The molecule has 6 nitrogen and oxygen atoms in total. The lowest BCUT2D eigenvalue weighted by Crippen LogP contribution is -2.26. The van der Waals surface area contributed by atoms with Crippen molar-refractivity contribution >= 4 is 34.6 Å². The molecule has 1 aliphatic rings. The van der Waals surface area contributed by atoms with E-state index in [4.69, 9.17) is 9.97 Å². The molecule has 37 heavy (non-hydrogen) atoms. The van der Waals surface area contributed by atoms with Crippen molar-refractivity contribution in [3.63, 3.8) is 0 Å². The number of allylic oxidation sites excluding steroid dienone is 1. The first-order valence-electron chi connectivity index (χ1n) is 11.7. The first kappa shape index (κ1) is 24.3. The van der Waals surface area contributed by atoms with Crippen LogP contribution in [-0.4, -0.2) is 34.0 Å². The molecule has 1 aliphatic heterocycles. The summed E-state index contributed by atoms with van der Waals surface area (Å²) in [6.07, 6.45) is 0.377. The van der Waals surface area contributed by atoms with E-state index in [9.17, 15) is 23.1 Å². The Morgan fingerprint density at radius 2 is 1.89 bits per heavy atom. The molecule has 5 rings (SSSR count). The van der Waals surface area contributed by atoms with Gasteiger partial charge in [-0.1, -0.05) is 30.4 Å². The zero-order chi connectivity index (χ0) is 26.2. The van der Waals surface area contributed by atoms with Gasteiger partial charge in [0.25, 0.3) is 0 Å². The minimum absolute atomic E-state index is 0.0866. The second kappa shape index (κ2) is 9.57. The van der Waals surface area contributed by atoms with Crippen LogP contribution >= 0.6 is 0 Å². The highest BCUT2D eigenvalue weighted by Crippen LogP contribution is 2.40. The predicted molar refractivity (Wildman–Crippen MR) is 135 cm³/mol. The minimum atomic E-state index is -4.78. The predicted octanol–water partition coefficient (Wildman–Crippen LogP) is 7.01. The molecule has 9 heteroatoms. The van der Waals surface area contributed by atoms with Crippen molar-refractivity contribution in [2.45, 2.75) is 26.1 Å². The number of rotatable bonds is 5. The number of aromatic nitrogens is 2. The molecule has 1 N–H and O–H groups in total. The van der Waals surface area contributed by atoms with Crippen LogP contribution in [0.1, 0.15) is 34.8 Å². The highest BCUT2D eigenvalue weighted by Gasteiger charge is 2.32. The maximum absolute atomic E-state index is 12.8. The van der Waals surface area contributed by atoms with Crippen molar-refractivity contribution in [1.82, 2.24) is 9.97 Å². The number of aromatic carboxylic acids is 1. The second-order valence-corrected chi connectivity index (χ2v) is 8.62. The van der Waals surface area contributed by atoms with Gasteiger partial charge < -0.3 is 14.7 Å². The summed E-state index contributed by atoms with van der Waals surface area (Å²) >= 11 is 0. The molecule has 0 amide bonds. The van der Waals surface area contributed by atoms with Crippen LogP contribution in [0, 0.1) is 0 Å². The number of hydrogen-bond donors (Lipinski definition) is 1. The van der Waals surface area contributed by atoms with E-state index in [0.717, 1.165) is 11.1 Å². The minimum Gasteiger partial charge on any atom is -0.478 e. The van der Waals surface area contributed by atoms with E-state index >= 15 is 0 Å². The number of nitrogens with zero attached hydrogens (tertiary/aromatic N) is 3. The van der Waals surface area contributed by atoms with Crippen LogP contribution in [0.25, 0.3) is 28.4 Å². The number of ether oxygens (including phenoxy) is 1. The van der Waals surface area contributed by atoms with E-state index in [1.165, 1.54) is 24.3 Å². The lowest BCUT2D eigenvalue weighted by molar-refractivity contribution is -0.274. The van der Waals surface area contributed by atoms with Crippen LogP contribution in [0.2, 0.25) is 0 Å². The standard InChI is InChI=1S/C28H22F3N3O3/c1-2-5-17-6-3-7-19(14-17)25-26(33-23-16-20(27(35)36)9-11-22(23)32-25)34-13-4-8-18-15-21(10-12-24(18)34)37-28(29,30)31/h2-3,5-7,9-12,14-16H,4,8,13H2,1H3,(H,35,36)/b5-2-. The SMILES string of the molecule is C/C=C\c1cccc(-c2nc3ccc(C(=O)O)cc3nc2N2CCCc3cc(OC(F)(F)F)ccc32)c1. The summed E-state index contributed by atoms with van der Waals surface area (Å²) in [7, 11) is 0. The van der Waals surface area contributed by atoms with Gasteiger partial charge in [0, 0.05) is 17.8 Å². The molecule has 0 spiro atoms. The molecule has 1 aromatic heterocycles. The Balaban J connectivity index is 1.69. The third kappa shape index (κ3) is 5.11. The van der Waals surface area contributed by atoms with Crippen molar-refractivity contribution in [3.05, 3.63) is 83.4 Å². The number of carboxylic acids is 1. The number of carboxylic acid groups (broad SMARTS) is 1. The molecule has 0 bridgehead atoms. The van der Waals surface area contributed by atoms with Gasteiger partial charge in [0.15, 0.2) is 5.82 Å². The molecule has 2 heterocycles. The van der Waals surface area contributed by atoms with E-state index in [1.54, 1.807) is 12.1 Å². The molecule has 4 aromatic rings. The number of benzene rings is 3. The third-order valence-electron chi connectivity index (χ3n) is 6.07. The normalized spacial score (nSPS) is 13.7. The summed E-state index contributed by atoms with van der Waals surface area (Å²) < 4.78 is 42.5. The van der Waals surface area contributed by atoms with E-state index in [0.29, 0.717) is 53.2 Å². The van der Waals surface area contributed by atoms with Crippen molar-refractivity contribution in [3.8, 4) is 17.0 Å². The summed E-state index contributed by atoms with van der Waals surface area (Å²) in [5, 5.41) is 9.46. The molecule has 0 saturated carbocycles. The number of halogens is 3. The van der Waals surface area contributed by atoms with Gasteiger partial charge in [-0.2, -0.15) is 0 Å². The molecular weight excluding hydrogens is 483 g/mol. The monoisotopic (exact) mass is 505 g/mol. The second-order valence-electron chi connectivity index (χ2n) is 8.62. The zero-order valence-corrected chi connectivity index (χ0v) is 19.8. The van der Waals surface area contributed by atoms with Gasteiger partial charge in [0.2, 0.25) is 0 Å². The maximum Gasteiger partial charge on any atom is 0.573 e. The number of anilines is 2. The van der Waals surface area contributed by atoms with E-state index in [-0.39, 0.29) is 11.3 Å². The number of hydrogen-bond acceptors (Lipinski definition) is 5. The van der Waals surface area contributed by atoms with Crippen LogP contribution < -0.4 is 9.64 Å². The van der Waals surface area contributed by atoms with Crippen molar-refractivity contribution in [2.75, 3.05) is 11.4 Å². The lowest BCUT2D eigenvalue weighted by Gasteiger charge is -2.32. The van der Waals surface area contributed by atoms with E-state index in [1.807, 2.05) is 48.2 Å². The highest BCUT2D eigenvalue weighted by molar-refractivity contribution is 5.94. The first-order valence-corrected chi connectivity index (χ1v) is 11.7. The fourth-order valence-electron chi connectivity index (χ4n) is 4.53. The van der Waals surface area contributed by atoms with Crippen LogP contribution in [0.3, 0.4) is 0 Å². The Morgan fingerprint density at radius 1 is 1.05 bits per heavy atom. The Kier molecular flexibility index (Phi) is 6.29. The maximum atomic E-state index is 12.8. The van der Waals surface area contributed by atoms with E-state index < -0.39 is 12.3 Å². The van der Waals surface area contributed by atoms with Gasteiger partial charge in [0.05, 0.1) is 16.6 Å². The quantitative estimate of drug-likeness (QED) is 0.314. The van der Waals surface area contributed by atoms with Crippen LogP contribution in [-0.2, 0) is 6.42 Å². The van der Waals surface area contributed by atoms with Crippen LogP contribution in [0.15, 0.2) is 66.7 Å². The highest BCUT2D eigenvalue weighted by atomic mass is 19.4. The largest absolute Gasteiger partial charge is 0.573 e. The number of alkyl halides is 3. The molecular formula is C28H22F3N3O3. The molecule has 0 saturated heterocycles. The Bertz CT molecular complexity index is 1530. The Hall–Kier alpha value is -4.40. The number of fused-ring (bicyclic) bond motifs is 2. The number of carbonyl (C=O) groups is 1. The smallest absolute Gasteiger partial charge is 0.478 e. The van der Waals surface area contributed by atoms with E-state index in [2.05, 4.69) is 4.74 Å². The summed E-state index contributed by atoms with van der Waals surface area (Å²) in [5.74, 6) is -0.852. The topological polar surface area (TPSA) is 75.5 Å². The summed E-state index contributed by atoms with van der Waals surface area (Å²) in [6, 6.07) is 16.6. The van der Waals surface area contributed by atoms with Crippen LogP contribution in [0.5, 0.6) is 5.75 Å². The molecule has 3 aromatic carbocycles. The Labute approximate surface area is 210 Å². The van der Waals surface area contributed by atoms with Gasteiger partial charge >= 0.3 is 12.3 Å². The van der Waals surface area contributed by atoms with Crippen molar-refractivity contribution in [1.29, 1.82) is 0 Å².